The van der Waals surface area contributed by atoms with Gasteiger partial charge >= 0.3 is 0 Å². The smallest absolute Gasteiger partial charge is 0.0388 e. The number of hydrogen-bond donors (Lipinski definition) is 2. The summed E-state index contributed by atoms with van der Waals surface area (Å²) in [5.41, 5.74) is 2.64. The molecule has 1 unspecified atom stereocenters. The zero-order chi connectivity index (χ0) is 8.39. The Bertz CT molecular complexity index is 270. The Morgan fingerprint density at radius 1 is 1.33 bits per heavy atom. The molecule has 0 fully saturated rings. The number of nitrogens with one attached hydrogen (secondary N) is 2. The quantitative estimate of drug-likeness (QED) is 0.605. The number of benzene rings is 1. The molecule has 64 valence electrons. The summed E-state index contributed by atoms with van der Waals surface area (Å²) in [6, 6.07) is 8.97. The van der Waals surface area contributed by atoms with Crippen molar-refractivity contribution in [1.29, 1.82) is 0 Å². The molecule has 0 aromatic heterocycles. The van der Waals surface area contributed by atoms with E-state index in [4.69, 9.17) is 0 Å². The van der Waals surface area contributed by atoms with Crippen LogP contribution in [0.3, 0.4) is 0 Å². The van der Waals surface area contributed by atoms with Crippen LogP contribution in [0.25, 0.3) is 0 Å². The molecule has 1 heterocycles. The van der Waals surface area contributed by atoms with Crippen LogP contribution in [0.15, 0.2) is 24.3 Å². The minimum atomic E-state index is 0.522. The Balaban J connectivity index is 2.31. The van der Waals surface area contributed by atoms with Crippen LogP contribution in [0.5, 0.6) is 0 Å². The molecule has 2 N–H and O–H groups in total. The van der Waals surface area contributed by atoms with Crippen LogP contribution in [0, 0.1) is 0 Å². The molecule has 0 saturated heterocycles. The van der Waals surface area contributed by atoms with Crippen LogP contribution < -0.4 is 10.6 Å². The third-order valence-electron chi connectivity index (χ3n) is 2.19. The van der Waals surface area contributed by atoms with Crippen LogP contribution in [-0.4, -0.2) is 12.6 Å². The molecular weight excluding hydrogens is 148 g/mol. The van der Waals surface area contributed by atoms with Crippen molar-refractivity contribution < 1.29 is 0 Å². The van der Waals surface area contributed by atoms with Crippen molar-refractivity contribution in [3.63, 3.8) is 0 Å². The number of para-hydroxylation sites is 1. The minimum absolute atomic E-state index is 0.522. The van der Waals surface area contributed by atoms with Gasteiger partial charge < -0.3 is 10.6 Å². The third kappa shape index (κ3) is 1.43. The first kappa shape index (κ1) is 7.62. The molecule has 1 aromatic carbocycles. The summed E-state index contributed by atoms with van der Waals surface area (Å²) in [6.07, 6.45) is 0. The van der Waals surface area contributed by atoms with Crippen LogP contribution >= 0.6 is 0 Å². The Labute approximate surface area is 73.0 Å². The lowest BCUT2D eigenvalue weighted by molar-refractivity contribution is 0.651. The van der Waals surface area contributed by atoms with Crippen LogP contribution in [0.2, 0.25) is 0 Å². The molecule has 1 aliphatic rings. The molecule has 1 aliphatic heterocycles. The van der Waals surface area contributed by atoms with E-state index in [1.807, 2.05) is 0 Å². The average molecular weight is 162 g/mol. The molecule has 2 rings (SSSR count). The van der Waals surface area contributed by atoms with Gasteiger partial charge in [-0.1, -0.05) is 18.2 Å². The van der Waals surface area contributed by atoms with Crippen molar-refractivity contribution in [2.24, 2.45) is 0 Å². The van der Waals surface area contributed by atoms with Crippen molar-refractivity contribution >= 4 is 5.69 Å². The maximum Gasteiger partial charge on any atom is 0.0388 e. The predicted molar refractivity (Wildman–Crippen MR) is 51.2 cm³/mol. The molecule has 1 aromatic rings. The fourth-order valence-corrected chi connectivity index (χ4v) is 1.56. The lowest BCUT2D eigenvalue weighted by Crippen LogP contribution is -2.26. The number of hydrogen-bond acceptors (Lipinski definition) is 2. The van der Waals surface area contributed by atoms with E-state index in [1.54, 1.807) is 0 Å². The van der Waals surface area contributed by atoms with Gasteiger partial charge in [-0.3, -0.25) is 0 Å². The third-order valence-corrected chi connectivity index (χ3v) is 2.19. The number of rotatable bonds is 0. The van der Waals surface area contributed by atoms with Crippen molar-refractivity contribution in [3.8, 4) is 0 Å². The Hall–Kier alpha value is -1.02. The van der Waals surface area contributed by atoms with Crippen molar-refractivity contribution in [3.05, 3.63) is 29.8 Å². The highest BCUT2D eigenvalue weighted by Crippen LogP contribution is 2.17. The summed E-state index contributed by atoms with van der Waals surface area (Å²) in [7, 11) is 0. The fraction of sp³-hybridized carbons (Fsp3) is 0.400. The van der Waals surface area contributed by atoms with Crippen LogP contribution in [-0.2, 0) is 6.54 Å². The van der Waals surface area contributed by atoms with Gasteiger partial charge in [0.25, 0.3) is 0 Å². The summed E-state index contributed by atoms with van der Waals surface area (Å²) >= 11 is 0. The Morgan fingerprint density at radius 2 is 2.17 bits per heavy atom. The van der Waals surface area contributed by atoms with E-state index in [-0.39, 0.29) is 0 Å². The van der Waals surface area contributed by atoms with E-state index in [9.17, 15) is 0 Å². The molecule has 2 heteroatoms. The van der Waals surface area contributed by atoms with Gasteiger partial charge in [0.05, 0.1) is 0 Å². The average Bonchev–Trinajstić information content (AvgIpc) is 2.25. The summed E-state index contributed by atoms with van der Waals surface area (Å²) < 4.78 is 0. The van der Waals surface area contributed by atoms with Gasteiger partial charge in [-0.15, -0.1) is 0 Å². The molecule has 0 radical (unpaired) electrons. The first-order valence-corrected chi connectivity index (χ1v) is 4.41. The van der Waals surface area contributed by atoms with Crippen molar-refractivity contribution in [1.82, 2.24) is 5.32 Å². The zero-order valence-electron chi connectivity index (χ0n) is 7.30. The Kier molecular flexibility index (Phi) is 2.00. The monoisotopic (exact) mass is 162 g/mol. The summed E-state index contributed by atoms with van der Waals surface area (Å²) in [6.45, 7) is 4.21. The number of anilines is 1. The highest BCUT2D eigenvalue weighted by molar-refractivity contribution is 5.52. The lowest BCUT2D eigenvalue weighted by atomic mass is 10.2. The van der Waals surface area contributed by atoms with Gasteiger partial charge in [0.2, 0.25) is 0 Å². The van der Waals surface area contributed by atoms with E-state index in [1.165, 1.54) is 11.3 Å². The fourth-order valence-electron chi connectivity index (χ4n) is 1.56. The van der Waals surface area contributed by atoms with E-state index in [0.717, 1.165) is 13.1 Å². The van der Waals surface area contributed by atoms with Crippen molar-refractivity contribution in [2.45, 2.75) is 19.5 Å². The molecule has 0 bridgehead atoms. The molecule has 0 aliphatic carbocycles. The highest BCUT2D eigenvalue weighted by atomic mass is 15.0. The second-order valence-corrected chi connectivity index (χ2v) is 3.33. The second kappa shape index (κ2) is 3.15. The first-order valence-electron chi connectivity index (χ1n) is 4.41. The molecule has 0 amide bonds. The van der Waals surface area contributed by atoms with Crippen molar-refractivity contribution in [2.75, 3.05) is 11.9 Å². The van der Waals surface area contributed by atoms with E-state index >= 15 is 0 Å². The molecule has 1 atom stereocenters. The molecule has 2 nitrogen and oxygen atoms in total. The van der Waals surface area contributed by atoms with Gasteiger partial charge in [0.1, 0.15) is 0 Å². The first-order chi connectivity index (χ1) is 5.86. The summed E-state index contributed by atoms with van der Waals surface area (Å²) in [4.78, 5) is 0. The predicted octanol–water partition coefficient (Wildman–Crippen LogP) is 1.59. The van der Waals surface area contributed by atoms with Gasteiger partial charge in [-0.2, -0.15) is 0 Å². The SMILES string of the molecule is CC1CNCc2ccccc2N1. The van der Waals surface area contributed by atoms with Gasteiger partial charge in [0, 0.05) is 24.8 Å². The van der Waals surface area contributed by atoms with E-state index in [2.05, 4.69) is 41.8 Å². The van der Waals surface area contributed by atoms with Gasteiger partial charge in [-0.25, -0.2) is 0 Å². The number of fused-ring (bicyclic) bond motifs is 1. The minimum Gasteiger partial charge on any atom is -0.381 e. The normalized spacial score (nSPS) is 22.2. The van der Waals surface area contributed by atoms with E-state index < -0.39 is 0 Å². The topological polar surface area (TPSA) is 24.1 Å². The maximum atomic E-state index is 3.46. The van der Waals surface area contributed by atoms with E-state index in [0.29, 0.717) is 6.04 Å². The molecular formula is C10H14N2. The van der Waals surface area contributed by atoms with Gasteiger partial charge in [-0.05, 0) is 18.6 Å². The lowest BCUT2D eigenvalue weighted by Gasteiger charge is -2.11. The maximum absolute atomic E-state index is 3.46. The van der Waals surface area contributed by atoms with Crippen LogP contribution in [0.1, 0.15) is 12.5 Å². The standard InChI is InChI=1S/C10H14N2/c1-8-6-11-7-9-4-2-3-5-10(9)12-8/h2-5,8,11-12H,6-7H2,1H3. The summed E-state index contributed by atoms with van der Waals surface area (Å²) in [5.74, 6) is 0. The summed E-state index contributed by atoms with van der Waals surface area (Å²) in [5, 5.41) is 6.85. The molecule has 0 spiro atoms. The highest BCUT2D eigenvalue weighted by Gasteiger charge is 2.09. The Morgan fingerprint density at radius 3 is 3.08 bits per heavy atom. The second-order valence-electron chi connectivity index (χ2n) is 3.33. The van der Waals surface area contributed by atoms with Gasteiger partial charge in [0.15, 0.2) is 0 Å². The molecule has 0 saturated carbocycles. The molecule has 12 heavy (non-hydrogen) atoms. The largest absolute Gasteiger partial charge is 0.381 e. The van der Waals surface area contributed by atoms with Crippen LogP contribution in [0.4, 0.5) is 5.69 Å². The zero-order valence-corrected chi connectivity index (χ0v) is 7.30.